The Morgan fingerprint density at radius 1 is 1.18 bits per heavy atom. The normalized spacial score (nSPS) is 22.3. The lowest BCUT2D eigenvalue weighted by Gasteiger charge is -2.38. The molecule has 4 rings (SSSR count). The van der Waals surface area contributed by atoms with Gasteiger partial charge in [-0.3, -0.25) is 4.79 Å². The average Bonchev–Trinajstić information content (AvgIpc) is 3.15. The number of carbonyl (C=O) groups is 1. The van der Waals surface area contributed by atoms with Crippen LogP contribution in [0.5, 0.6) is 5.75 Å². The van der Waals surface area contributed by atoms with E-state index in [0.29, 0.717) is 25.1 Å². The Balaban J connectivity index is 1.58. The van der Waals surface area contributed by atoms with Gasteiger partial charge in [0.25, 0.3) is 5.91 Å². The van der Waals surface area contributed by atoms with Gasteiger partial charge < -0.3 is 10.1 Å². The van der Waals surface area contributed by atoms with Crippen molar-refractivity contribution < 1.29 is 17.9 Å². The minimum atomic E-state index is -3.31. The molecule has 1 N–H and O–H groups in total. The van der Waals surface area contributed by atoms with Crippen LogP contribution in [0, 0.1) is 0 Å². The highest BCUT2D eigenvalue weighted by Gasteiger charge is 2.35. The summed E-state index contributed by atoms with van der Waals surface area (Å²) in [6.45, 7) is 1.38. The zero-order chi connectivity index (χ0) is 19.7. The zero-order valence-electron chi connectivity index (χ0n) is 15.8. The summed E-state index contributed by atoms with van der Waals surface area (Å²) >= 11 is 0. The number of sulfonamides is 1. The SMILES string of the molecule is CS(=O)(=O)N1CC[C@@H](c2ccccc2)[C@@H](NC(=O)c2ccc3c(c2)CCO3)C1. The standard InChI is InChI=1S/C21H24N2O4S/c1-28(25,26)23-11-9-18(15-5-3-2-4-6-15)19(14-23)22-21(24)17-7-8-20-16(13-17)10-12-27-20/h2-8,13,18-19H,9-12,14H2,1H3,(H,22,24)/t18-,19-/m0/s1. The molecule has 2 aliphatic rings. The van der Waals surface area contributed by atoms with Crippen LogP contribution >= 0.6 is 0 Å². The van der Waals surface area contributed by atoms with Crippen LogP contribution in [0.25, 0.3) is 0 Å². The van der Waals surface area contributed by atoms with Gasteiger partial charge >= 0.3 is 0 Å². The lowest BCUT2D eigenvalue weighted by molar-refractivity contribution is 0.0912. The molecule has 1 amide bonds. The number of piperidine rings is 1. The molecule has 0 unspecified atom stereocenters. The van der Waals surface area contributed by atoms with Crippen molar-refractivity contribution in [3.05, 3.63) is 65.2 Å². The maximum atomic E-state index is 12.9. The fraction of sp³-hybridized carbons (Fsp3) is 0.381. The summed E-state index contributed by atoms with van der Waals surface area (Å²) in [5.41, 5.74) is 2.73. The van der Waals surface area contributed by atoms with Gasteiger partial charge in [0.1, 0.15) is 5.75 Å². The molecule has 0 radical (unpaired) electrons. The predicted molar refractivity (Wildman–Crippen MR) is 107 cm³/mol. The van der Waals surface area contributed by atoms with Gasteiger partial charge in [-0.1, -0.05) is 30.3 Å². The van der Waals surface area contributed by atoms with Crippen molar-refractivity contribution >= 4 is 15.9 Å². The number of hydrogen-bond donors (Lipinski definition) is 1. The molecule has 2 atom stereocenters. The van der Waals surface area contributed by atoms with Gasteiger partial charge in [-0.25, -0.2) is 12.7 Å². The number of nitrogens with one attached hydrogen (secondary N) is 1. The van der Waals surface area contributed by atoms with E-state index in [2.05, 4.69) is 5.32 Å². The highest BCUT2D eigenvalue weighted by molar-refractivity contribution is 7.88. The van der Waals surface area contributed by atoms with E-state index in [1.807, 2.05) is 42.5 Å². The molecule has 1 fully saturated rings. The van der Waals surface area contributed by atoms with Crippen molar-refractivity contribution in [2.75, 3.05) is 26.0 Å². The smallest absolute Gasteiger partial charge is 0.251 e. The molecule has 0 aromatic heterocycles. The largest absolute Gasteiger partial charge is 0.493 e. The first-order valence-electron chi connectivity index (χ1n) is 9.48. The molecule has 2 aromatic rings. The van der Waals surface area contributed by atoms with Crippen LogP contribution in [-0.2, 0) is 16.4 Å². The number of amides is 1. The summed E-state index contributed by atoms with van der Waals surface area (Å²) in [4.78, 5) is 12.9. The Kier molecular flexibility index (Phi) is 5.12. The van der Waals surface area contributed by atoms with Crippen LogP contribution in [0.2, 0.25) is 0 Å². The number of nitrogens with zero attached hydrogens (tertiary/aromatic N) is 1. The quantitative estimate of drug-likeness (QED) is 0.854. The number of hydrogen-bond acceptors (Lipinski definition) is 4. The maximum Gasteiger partial charge on any atom is 0.251 e. The average molecular weight is 401 g/mol. The molecule has 0 bridgehead atoms. The Morgan fingerprint density at radius 3 is 2.71 bits per heavy atom. The minimum absolute atomic E-state index is 0.0703. The molecular formula is C21H24N2O4S. The van der Waals surface area contributed by atoms with E-state index in [9.17, 15) is 13.2 Å². The zero-order valence-corrected chi connectivity index (χ0v) is 16.6. The number of ether oxygens (including phenoxy) is 1. The van der Waals surface area contributed by atoms with Gasteiger partial charge in [0.2, 0.25) is 10.0 Å². The van der Waals surface area contributed by atoms with Gasteiger partial charge in [-0.15, -0.1) is 0 Å². The molecule has 2 heterocycles. The first-order chi connectivity index (χ1) is 13.4. The third-order valence-corrected chi connectivity index (χ3v) is 6.81. The first kappa shape index (κ1) is 19.0. The number of benzene rings is 2. The molecule has 6 nitrogen and oxygen atoms in total. The highest BCUT2D eigenvalue weighted by Crippen LogP contribution is 2.30. The van der Waals surface area contributed by atoms with Crippen LogP contribution < -0.4 is 10.1 Å². The molecule has 2 aliphatic heterocycles. The summed E-state index contributed by atoms with van der Waals surface area (Å²) in [6, 6.07) is 15.1. The number of fused-ring (bicyclic) bond motifs is 1. The molecule has 28 heavy (non-hydrogen) atoms. The van der Waals surface area contributed by atoms with Gasteiger partial charge in [-0.05, 0) is 35.7 Å². The van der Waals surface area contributed by atoms with Crippen LogP contribution in [0.3, 0.4) is 0 Å². The van der Waals surface area contributed by atoms with Crippen LogP contribution in [0.4, 0.5) is 0 Å². The van der Waals surface area contributed by atoms with E-state index in [0.717, 1.165) is 23.3 Å². The van der Waals surface area contributed by atoms with Crippen molar-refractivity contribution in [1.82, 2.24) is 9.62 Å². The van der Waals surface area contributed by atoms with E-state index in [-0.39, 0.29) is 24.4 Å². The molecule has 148 valence electrons. The third-order valence-electron chi connectivity index (χ3n) is 5.54. The van der Waals surface area contributed by atoms with E-state index >= 15 is 0 Å². The molecule has 0 aliphatic carbocycles. The van der Waals surface area contributed by atoms with Crippen LogP contribution in [-0.4, -0.2) is 50.6 Å². The van der Waals surface area contributed by atoms with E-state index in [1.54, 1.807) is 6.07 Å². The van der Waals surface area contributed by atoms with E-state index in [1.165, 1.54) is 10.6 Å². The lowest BCUT2D eigenvalue weighted by atomic mass is 9.86. The number of carbonyl (C=O) groups excluding carboxylic acids is 1. The third kappa shape index (κ3) is 3.91. The van der Waals surface area contributed by atoms with Crippen molar-refractivity contribution in [2.24, 2.45) is 0 Å². The maximum absolute atomic E-state index is 12.9. The topological polar surface area (TPSA) is 75.7 Å². The van der Waals surface area contributed by atoms with Gasteiger partial charge in [-0.2, -0.15) is 0 Å². The molecule has 1 saturated heterocycles. The predicted octanol–water partition coefficient (Wildman–Crippen LogP) is 2.17. The molecule has 0 spiro atoms. The summed E-state index contributed by atoms with van der Waals surface area (Å²) < 4.78 is 31.1. The summed E-state index contributed by atoms with van der Waals surface area (Å²) in [6.07, 6.45) is 2.68. The summed E-state index contributed by atoms with van der Waals surface area (Å²) in [7, 11) is -3.31. The summed E-state index contributed by atoms with van der Waals surface area (Å²) in [5.74, 6) is 0.719. The van der Waals surface area contributed by atoms with Crippen LogP contribution in [0.1, 0.15) is 33.8 Å². The Labute approximate surface area is 165 Å². The Bertz CT molecular complexity index is 975. The Hall–Kier alpha value is -2.38. The molecule has 2 aromatic carbocycles. The number of rotatable bonds is 4. The second-order valence-corrected chi connectivity index (χ2v) is 9.41. The molecular weight excluding hydrogens is 376 g/mol. The van der Waals surface area contributed by atoms with Gasteiger partial charge in [0.05, 0.1) is 12.9 Å². The second kappa shape index (κ2) is 7.56. The first-order valence-corrected chi connectivity index (χ1v) is 11.3. The van der Waals surface area contributed by atoms with Crippen molar-refractivity contribution in [3.63, 3.8) is 0 Å². The fourth-order valence-electron chi connectivity index (χ4n) is 4.05. The monoisotopic (exact) mass is 400 g/mol. The van der Waals surface area contributed by atoms with E-state index < -0.39 is 10.0 Å². The van der Waals surface area contributed by atoms with Crippen molar-refractivity contribution in [3.8, 4) is 5.75 Å². The minimum Gasteiger partial charge on any atom is -0.493 e. The van der Waals surface area contributed by atoms with Gasteiger partial charge in [0.15, 0.2) is 0 Å². The molecule has 0 saturated carbocycles. The Morgan fingerprint density at radius 2 is 1.96 bits per heavy atom. The molecule has 7 heteroatoms. The van der Waals surface area contributed by atoms with Crippen molar-refractivity contribution in [1.29, 1.82) is 0 Å². The van der Waals surface area contributed by atoms with E-state index in [4.69, 9.17) is 4.74 Å². The van der Waals surface area contributed by atoms with Crippen molar-refractivity contribution in [2.45, 2.75) is 24.8 Å². The van der Waals surface area contributed by atoms with Gasteiger partial charge in [0, 0.05) is 37.0 Å². The highest BCUT2D eigenvalue weighted by atomic mass is 32.2. The second-order valence-electron chi connectivity index (χ2n) is 7.43. The fourth-order valence-corrected chi connectivity index (χ4v) is 4.92. The lowest BCUT2D eigenvalue weighted by Crippen LogP contribution is -2.52. The van der Waals surface area contributed by atoms with Crippen LogP contribution in [0.15, 0.2) is 48.5 Å². The summed E-state index contributed by atoms with van der Waals surface area (Å²) in [5, 5.41) is 3.09.